The van der Waals surface area contributed by atoms with Gasteiger partial charge in [0.1, 0.15) is 16.5 Å². The largest absolute Gasteiger partial charge is 0.524 e. The van der Waals surface area contributed by atoms with Crippen molar-refractivity contribution in [2.45, 2.75) is 76.5 Å². The van der Waals surface area contributed by atoms with E-state index >= 15 is 0 Å². The Morgan fingerprint density at radius 1 is 0.606 bits per heavy atom. The first-order chi connectivity index (χ1) is 13.9. The second-order valence-electron chi connectivity index (χ2n) is 9.62. The van der Waals surface area contributed by atoms with Crippen molar-refractivity contribution in [3.63, 3.8) is 0 Å². The van der Waals surface area contributed by atoms with Crippen LogP contribution < -0.4 is 0 Å². The van der Waals surface area contributed by atoms with Crippen LogP contribution >= 0.6 is 0 Å². The zero-order valence-corrected chi connectivity index (χ0v) is 27.1. The fourth-order valence-corrected chi connectivity index (χ4v) is 15.7. The minimum Gasteiger partial charge on any atom is -0.351 e. The lowest BCUT2D eigenvalue weighted by Gasteiger charge is -2.33. The number of nitrogens with zero attached hydrogens (tertiary/aromatic N) is 2. The molecule has 0 aliphatic rings. The van der Waals surface area contributed by atoms with Crippen LogP contribution in [-0.2, 0) is 23.9 Å². The van der Waals surface area contributed by atoms with Crippen LogP contribution in [0.5, 0.6) is 0 Å². The Kier molecular flexibility index (Phi) is 14.8. The summed E-state index contributed by atoms with van der Waals surface area (Å²) in [4.78, 5) is 0. The van der Waals surface area contributed by atoms with E-state index in [4.69, 9.17) is 0 Å². The highest BCUT2D eigenvalue weighted by molar-refractivity contribution is 8.00. The van der Waals surface area contributed by atoms with Crippen molar-refractivity contribution in [3.8, 4) is 0 Å². The van der Waals surface area contributed by atoms with E-state index in [2.05, 4.69) is 88.0 Å². The third-order valence-electron chi connectivity index (χ3n) is 4.41. The molecule has 33 heavy (non-hydrogen) atoms. The van der Waals surface area contributed by atoms with Gasteiger partial charge in [-0.15, -0.1) is 3.63 Å². The molecule has 0 aliphatic heterocycles. The normalized spacial score (nSPS) is 14.2. The van der Waals surface area contributed by atoms with Gasteiger partial charge in [0.05, 0.1) is 17.9 Å². The number of rotatable bonds is 6. The van der Waals surface area contributed by atoms with Crippen molar-refractivity contribution in [2.75, 3.05) is 14.1 Å². The summed E-state index contributed by atoms with van der Waals surface area (Å²) in [5, 5.41) is 0. The molecule has 204 valence electrons. The van der Waals surface area contributed by atoms with E-state index in [0.717, 1.165) is 0 Å². The summed E-state index contributed by atoms with van der Waals surface area (Å²) in [5.74, 6) is 0. The minimum atomic E-state index is -6.85. The lowest BCUT2D eigenvalue weighted by atomic mass is 11.6. The summed E-state index contributed by atoms with van der Waals surface area (Å²) in [5.41, 5.74) is -12.5. The van der Waals surface area contributed by atoms with Crippen LogP contribution in [0.2, 0.25) is 65.5 Å². The molecule has 0 aromatic heterocycles. The van der Waals surface area contributed by atoms with E-state index in [0.29, 0.717) is 0 Å². The van der Waals surface area contributed by atoms with Crippen molar-refractivity contribution >= 4 is 54.6 Å². The van der Waals surface area contributed by atoms with Crippen LogP contribution in [-0.4, -0.2) is 84.8 Å². The van der Waals surface area contributed by atoms with Gasteiger partial charge in [-0.3, -0.25) is 0 Å². The average molecular weight is 605 g/mol. The SMILES string of the molecule is CN([SiH](C)C)[Si](C)(C)C.CN([SiH](C)C)[Si](C)(C)C.O=S(=O)(OS(=O)(=O)C(F)(F)F)C(F)(F)F. The molecule has 0 atom stereocenters. The van der Waals surface area contributed by atoms with Gasteiger partial charge in [0, 0.05) is 0 Å². The predicted molar refractivity (Wildman–Crippen MR) is 131 cm³/mol. The highest BCUT2D eigenvalue weighted by Gasteiger charge is 2.57. The molecule has 0 spiro atoms. The summed E-state index contributed by atoms with van der Waals surface area (Å²) >= 11 is 0. The summed E-state index contributed by atoms with van der Waals surface area (Å²) in [6.07, 6.45) is 0. The van der Waals surface area contributed by atoms with Gasteiger partial charge in [-0.05, 0) is 14.1 Å². The first-order valence-electron chi connectivity index (χ1n) is 9.71. The Balaban J connectivity index is -0.000000433. The topological polar surface area (TPSA) is 84.0 Å². The molecule has 0 N–H and O–H groups in total. The van der Waals surface area contributed by atoms with E-state index in [1.165, 1.54) is 0 Å². The van der Waals surface area contributed by atoms with Gasteiger partial charge in [0.15, 0.2) is 0 Å². The first-order valence-corrected chi connectivity index (χ1v) is 25.1. The second kappa shape index (κ2) is 13.0. The molecule has 0 aromatic carbocycles. The molecule has 0 saturated heterocycles. The Bertz CT molecular complexity index is 727. The minimum absolute atomic E-state index is 0.495. The highest BCUT2D eigenvalue weighted by atomic mass is 32.3. The molecule has 0 heterocycles. The molecule has 0 bridgehead atoms. The van der Waals surface area contributed by atoms with Crippen molar-refractivity contribution in [2.24, 2.45) is 0 Å². The van der Waals surface area contributed by atoms with E-state index in [1.807, 2.05) is 3.63 Å². The van der Waals surface area contributed by atoms with Crippen LogP contribution in [0.3, 0.4) is 0 Å². The molecule has 0 unspecified atom stereocenters. The fourth-order valence-electron chi connectivity index (χ4n) is 1.74. The number of hydrogen-bond donors (Lipinski definition) is 0. The van der Waals surface area contributed by atoms with Crippen LogP contribution in [0, 0.1) is 0 Å². The summed E-state index contributed by atoms with van der Waals surface area (Å²) in [7, 11) is -12.0. The van der Waals surface area contributed by atoms with E-state index in [9.17, 15) is 43.2 Å². The molecule has 0 saturated carbocycles. The summed E-state index contributed by atoms with van der Waals surface area (Å²) in [6, 6.07) is 0. The lowest BCUT2D eigenvalue weighted by molar-refractivity contribution is -0.0585. The second-order valence-corrected chi connectivity index (χ2v) is 30.0. The van der Waals surface area contributed by atoms with Gasteiger partial charge in [0.2, 0.25) is 0 Å². The average Bonchev–Trinajstić information content (AvgIpc) is 2.49. The molecule has 0 rings (SSSR count). The highest BCUT2D eigenvalue weighted by Crippen LogP contribution is 2.32. The predicted octanol–water partition coefficient (Wildman–Crippen LogP) is 4.18. The van der Waals surface area contributed by atoms with Crippen molar-refractivity contribution in [1.82, 2.24) is 8.46 Å². The smallest absolute Gasteiger partial charge is 0.351 e. The Morgan fingerprint density at radius 2 is 0.788 bits per heavy atom. The van der Waals surface area contributed by atoms with Gasteiger partial charge < -0.3 is 8.46 Å². The third-order valence-corrected chi connectivity index (χ3v) is 22.1. The Labute approximate surface area is 200 Å². The van der Waals surface area contributed by atoms with Crippen LogP contribution in [0.4, 0.5) is 26.3 Å². The fraction of sp³-hybridized carbons (Fsp3) is 1.00. The van der Waals surface area contributed by atoms with Gasteiger partial charge in [0.25, 0.3) is 0 Å². The summed E-state index contributed by atoms with van der Waals surface area (Å²) < 4.78 is 115. The van der Waals surface area contributed by atoms with Crippen LogP contribution in [0.1, 0.15) is 0 Å². The third kappa shape index (κ3) is 15.1. The zero-order valence-electron chi connectivity index (χ0n) is 21.2. The molecule has 0 amide bonds. The van der Waals surface area contributed by atoms with Crippen molar-refractivity contribution < 1.29 is 46.8 Å². The first kappa shape index (κ1) is 37.8. The maximum Gasteiger partial charge on any atom is 0.524 e. The monoisotopic (exact) mass is 604 g/mol. The molecule has 0 radical (unpaired) electrons. The van der Waals surface area contributed by atoms with Gasteiger partial charge in [-0.25, -0.2) is 0 Å². The van der Waals surface area contributed by atoms with E-state index < -0.39 is 65.6 Å². The van der Waals surface area contributed by atoms with Crippen molar-refractivity contribution in [1.29, 1.82) is 0 Å². The quantitative estimate of drug-likeness (QED) is 0.256. The van der Waals surface area contributed by atoms with Gasteiger partial charge in [-0.2, -0.15) is 43.2 Å². The van der Waals surface area contributed by atoms with Gasteiger partial charge in [-0.1, -0.05) is 65.5 Å². The molecular weight excluding hydrogens is 567 g/mol. The lowest BCUT2D eigenvalue weighted by Crippen LogP contribution is -2.49. The number of halogens is 6. The van der Waals surface area contributed by atoms with E-state index in [1.54, 1.807) is 0 Å². The maximum absolute atomic E-state index is 11.4. The van der Waals surface area contributed by atoms with E-state index in [-0.39, 0.29) is 0 Å². The molecule has 7 nitrogen and oxygen atoms in total. The maximum atomic E-state index is 11.4. The zero-order chi connectivity index (χ0) is 28.0. The molecule has 0 aliphatic carbocycles. The van der Waals surface area contributed by atoms with Crippen LogP contribution in [0.15, 0.2) is 0 Å². The molecule has 0 aromatic rings. The number of alkyl halides is 6. The summed E-state index contributed by atoms with van der Waals surface area (Å²) in [6.45, 7) is 24.0. The Morgan fingerprint density at radius 3 is 0.848 bits per heavy atom. The standard InChI is InChI=1S/2C6H19NSi2.C2F6O5S2/c2*1-7(8(2)3)9(4,5)6;3-1(4,5)14(9,10)13-15(11,12)2(6,7)8/h2*8H,1-6H3;. The number of hydrogen-bond acceptors (Lipinski definition) is 7. The van der Waals surface area contributed by atoms with Crippen LogP contribution in [0.25, 0.3) is 0 Å². The Hall–Kier alpha value is 0.228. The van der Waals surface area contributed by atoms with Crippen molar-refractivity contribution in [3.05, 3.63) is 0 Å². The molecular formula is C14H38F6N2O5S2Si4. The molecule has 0 fully saturated rings. The van der Waals surface area contributed by atoms with Gasteiger partial charge >= 0.3 is 31.3 Å². The molecule has 19 heteroatoms.